The topological polar surface area (TPSA) is 59.1 Å². The number of hydrogen-bond acceptors (Lipinski definition) is 5. The van der Waals surface area contributed by atoms with E-state index in [1.165, 1.54) is 12.5 Å². The molecule has 1 unspecified atom stereocenters. The SMILES string of the molecule is CC(=O)c1ccc(NC(=O)C(C)SCc2csc(-c3ccc(C)cc3)n2)cc1. The van der Waals surface area contributed by atoms with Gasteiger partial charge >= 0.3 is 0 Å². The summed E-state index contributed by atoms with van der Waals surface area (Å²) in [4.78, 5) is 28.4. The second-order valence-electron chi connectivity index (χ2n) is 6.59. The highest BCUT2D eigenvalue weighted by Crippen LogP contribution is 2.27. The maximum atomic E-state index is 12.4. The highest BCUT2D eigenvalue weighted by Gasteiger charge is 2.15. The Bertz CT molecular complexity index is 963. The second kappa shape index (κ2) is 9.17. The highest BCUT2D eigenvalue weighted by atomic mass is 32.2. The Balaban J connectivity index is 1.53. The number of nitrogens with one attached hydrogen (secondary N) is 1. The van der Waals surface area contributed by atoms with Crippen LogP contribution in [0.25, 0.3) is 10.6 Å². The molecule has 1 atom stereocenters. The van der Waals surface area contributed by atoms with E-state index in [1.807, 2.05) is 12.3 Å². The van der Waals surface area contributed by atoms with E-state index in [0.29, 0.717) is 17.0 Å². The number of Topliss-reactive ketones (excluding diaryl/α,β-unsaturated/α-hetero) is 1. The molecule has 3 rings (SSSR count). The summed E-state index contributed by atoms with van der Waals surface area (Å²) >= 11 is 3.18. The van der Waals surface area contributed by atoms with Crippen molar-refractivity contribution in [3.63, 3.8) is 0 Å². The molecule has 0 aliphatic heterocycles. The molecule has 1 amide bonds. The van der Waals surface area contributed by atoms with E-state index in [1.54, 1.807) is 47.4 Å². The van der Waals surface area contributed by atoms with Crippen LogP contribution in [0.5, 0.6) is 0 Å². The van der Waals surface area contributed by atoms with Gasteiger partial charge in [-0.15, -0.1) is 23.1 Å². The van der Waals surface area contributed by atoms with Gasteiger partial charge in [0.15, 0.2) is 5.78 Å². The third-order valence-electron chi connectivity index (χ3n) is 4.26. The zero-order valence-corrected chi connectivity index (χ0v) is 17.7. The lowest BCUT2D eigenvalue weighted by atomic mass is 10.1. The molecule has 0 fully saturated rings. The first-order valence-corrected chi connectivity index (χ1v) is 10.9. The molecule has 0 saturated carbocycles. The van der Waals surface area contributed by atoms with Crippen molar-refractivity contribution >= 4 is 40.5 Å². The molecule has 3 aromatic rings. The van der Waals surface area contributed by atoms with Gasteiger partial charge in [0.1, 0.15) is 5.01 Å². The summed E-state index contributed by atoms with van der Waals surface area (Å²) in [7, 11) is 0. The second-order valence-corrected chi connectivity index (χ2v) is 8.77. The van der Waals surface area contributed by atoms with Gasteiger partial charge in [-0.05, 0) is 45.0 Å². The van der Waals surface area contributed by atoms with Crippen molar-refractivity contribution < 1.29 is 9.59 Å². The summed E-state index contributed by atoms with van der Waals surface area (Å²) < 4.78 is 0. The molecule has 0 saturated heterocycles. The van der Waals surface area contributed by atoms with E-state index in [4.69, 9.17) is 0 Å². The average molecular weight is 411 g/mol. The third kappa shape index (κ3) is 5.30. The zero-order chi connectivity index (χ0) is 20.1. The smallest absolute Gasteiger partial charge is 0.237 e. The number of hydrogen-bond donors (Lipinski definition) is 1. The van der Waals surface area contributed by atoms with Crippen LogP contribution in [-0.2, 0) is 10.5 Å². The van der Waals surface area contributed by atoms with Gasteiger partial charge in [0, 0.05) is 27.9 Å². The molecule has 0 radical (unpaired) electrons. The first-order chi connectivity index (χ1) is 13.4. The summed E-state index contributed by atoms with van der Waals surface area (Å²) in [5, 5.41) is 5.73. The maximum absolute atomic E-state index is 12.4. The van der Waals surface area contributed by atoms with Crippen molar-refractivity contribution in [1.29, 1.82) is 0 Å². The number of aryl methyl sites for hydroxylation is 1. The van der Waals surface area contributed by atoms with Crippen LogP contribution in [0.1, 0.15) is 35.5 Å². The number of benzene rings is 2. The zero-order valence-electron chi connectivity index (χ0n) is 16.1. The molecule has 1 N–H and O–H groups in total. The predicted molar refractivity (Wildman–Crippen MR) is 118 cm³/mol. The lowest BCUT2D eigenvalue weighted by Gasteiger charge is -2.11. The average Bonchev–Trinajstić information content (AvgIpc) is 3.16. The fraction of sp³-hybridized carbons (Fsp3) is 0.227. The van der Waals surface area contributed by atoms with Gasteiger partial charge in [0.2, 0.25) is 5.91 Å². The van der Waals surface area contributed by atoms with E-state index in [2.05, 4.69) is 41.5 Å². The molecular weight excluding hydrogens is 388 g/mol. The third-order valence-corrected chi connectivity index (χ3v) is 6.38. The Kier molecular flexibility index (Phi) is 6.65. The Morgan fingerprint density at radius 3 is 2.43 bits per heavy atom. The number of anilines is 1. The number of ketones is 1. The van der Waals surface area contributed by atoms with E-state index < -0.39 is 0 Å². The Morgan fingerprint density at radius 1 is 1.11 bits per heavy atom. The number of carbonyl (C=O) groups is 2. The van der Waals surface area contributed by atoms with Gasteiger partial charge in [-0.3, -0.25) is 9.59 Å². The number of amides is 1. The van der Waals surface area contributed by atoms with Crippen molar-refractivity contribution in [3.05, 3.63) is 70.7 Å². The summed E-state index contributed by atoms with van der Waals surface area (Å²) in [5.41, 5.74) is 4.65. The number of rotatable bonds is 7. The van der Waals surface area contributed by atoms with E-state index in [0.717, 1.165) is 16.3 Å². The van der Waals surface area contributed by atoms with Crippen molar-refractivity contribution in [1.82, 2.24) is 4.98 Å². The molecular formula is C22H22N2O2S2. The quantitative estimate of drug-likeness (QED) is 0.517. The van der Waals surface area contributed by atoms with Crippen LogP contribution in [0.15, 0.2) is 53.9 Å². The molecule has 28 heavy (non-hydrogen) atoms. The van der Waals surface area contributed by atoms with Crippen LogP contribution in [-0.4, -0.2) is 21.9 Å². The van der Waals surface area contributed by atoms with Crippen LogP contribution in [0.2, 0.25) is 0 Å². The standard InChI is InChI=1S/C22H22N2O2S2/c1-14-4-6-18(7-5-14)22-24-20(13-28-22)12-27-16(3)21(26)23-19-10-8-17(9-11-19)15(2)25/h4-11,13,16H,12H2,1-3H3,(H,23,26). The molecule has 0 aliphatic rings. The summed E-state index contributed by atoms with van der Waals surface area (Å²) in [6, 6.07) is 15.3. The van der Waals surface area contributed by atoms with E-state index in [-0.39, 0.29) is 16.9 Å². The molecule has 144 valence electrons. The minimum absolute atomic E-state index is 0.00932. The number of carbonyl (C=O) groups excluding carboxylic acids is 2. The molecule has 1 heterocycles. The largest absolute Gasteiger partial charge is 0.325 e. The Labute approximate surface area is 173 Å². The fourth-order valence-electron chi connectivity index (χ4n) is 2.52. The molecule has 2 aromatic carbocycles. The fourth-order valence-corrected chi connectivity index (χ4v) is 4.23. The van der Waals surface area contributed by atoms with Crippen LogP contribution in [0.4, 0.5) is 5.69 Å². The number of thioether (sulfide) groups is 1. The number of nitrogens with zero attached hydrogens (tertiary/aromatic N) is 1. The van der Waals surface area contributed by atoms with Crippen molar-refractivity contribution in [2.45, 2.75) is 31.8 Å². The monoisotopic (exact) mass is 410 g/mol. The normalized spacial score (nSPS) is 11.8. The molecule has 0 bridgehead atoms. The molecule has 1 aromatic heterocycles. The molecule has 4 nitrogen and oxygen atoms in total. The number of aromatic nitrogens is 1. The van der Waals surface area contributed by atoms with E-state index in [9.17, 15) is 9.59 Å². The lowest BCUT2D eigenvalue weighted by Crippen LogP contribution is -2.22. The summed E-state index contributed by atoms with van der Waals surface area (Å²) in [5.74, 6) is 0.630. The molecule has 0 spiro atoms. The molecule has 6 heteroatoms. The molecule has 0 aliphatic carbocycles. The van der Waals surface area contributed by atoms with E-state index >= 15 is 0 Å². The van der Waals surface area contributed by atoms with Crippen molar-refractivity contribution in [2.24, 2.45) is 0 Å². The maximum Gasteiger partial charge on any atom is 0.237 e. The minimum Gasteiger partial charge on any atom is -0.325 e. The van der Waals surface area contributed by atoms with Gasteiger partial charge in [0.05, 0.1) is 10.9 Å². The van der Waals surface area contributed by atoms with Crippen LogP contribution < -0.4 is 5.32 Å². The van der Waals surface area contributed by atoms with Gasteiger partial charge in [-0.25, -0.2) is 4.98 Å². The van der Waals surface area contributed by atoms with Crippen molar-refractivity contribution in [2.75, 3.05) is 5.32 Å². The first-order valence-electron chi connectivity index (χ1n) is 8.97. The highest BCUT2D eigenvalue weighted by molar-refractivity contribution is 7.99. The van der Waals surface area contributed by atoms with Crippen LogP contribution in [0.3, 0.4) is 0 Å². The van der Waals surface area contributed by atoms with Gasteiger partial charge in [0.25, 0.3) is 0 Å². The van der Waals surface area contributed by atoms with Crippen molar-refractivity contribution in [3.8, 4) is 10.6 Å². The van der Waals surface area contributed by atoms with Crippen LogP contribution >= 0.6 is 23.1 Å². The number of thiazole rings is 1. The lowest BCUT2D eigenvalue weighted by molar-refractivity contribution is -0.115. The minimum atomic E-state index is -0.211. The predicted octanol–water partition coefficient (Wildman–Crippen LogP) is 5.58. The Hall–Kier alpha value is -2.44. The van der Waals surface area contributed by atoms with Crippen LogP contribution in [0, 0.1) is 6.92 Å². The van der Waals surface area contributed by atoms with Gasteiger partial charge in [-0.1, -0.05) is 29.8 Å². The van der Waals surface area contributed by atoms with Gasteiger partial charge in [-0.2, -0.15) is 0 Å². The summed E-state index contributed by atoms with van der Waals surface area (Å²) in [6.07, 6.45) is 0. The first kappa shape index (κ1) is 20.3. The van der Waals surface area contributed by atoms with Gasteiger partial charge < -0.3 is 5.32 Å². The Morgan fingerprint density at radius 2 is 1.79 bits per heavy atom. The summed E-state index contributed by atoms with van der Waals surface area (Å²) in [6.45, 7) is 5.48.